The maximum absolute atomic E-state index is 11.8. The summed E-state index contributed by atoms with van der Waals surface area (Å²) in [5.41, 5.74) is 0.974. The largest absolute Gasteiger partial charge is 0.334 e. The van der Waals surface area contributed by atoms with E-state index in [1.807, 2.05) is 34.9 Å². The summed E-state index contributed by atoms with van der Waals surface area (Å²) in [6.07, 6.45) is 3.93. The molecule has 1 aromatic carbocycles. The predicted molar refractivity (Wildman–Crippen MR) is 85.8 cm³/mol. The molecular formula is C15H17N5O2S. The smallest absolute Gasteiger partial charge is 0.321 e. The highest BCUT2D eigenvalue weighted by Gasteiger charge is 2.26. The molecule has 3 rings (SSSR count). The van der Waals surface area contributed by atoms with Crippen LogP contribution in [0.1, 0.15) is 24.4 Å². The van der Waals surface area contributed by atoms with E-state index in [2.05, 4.69) is 20.8 Å². The third kappa shape index (κ3) is 4.56. The Balaban J connectivity index is 1.40. The summed E-state index contributed by atoms with van der Waals surface area (Å²) in [6.45, 7) is 0.378. The van der Waals surface area contributed by atoms with Gasteiger partial charge < -0.3 is 9.88 Å². The van der Waals surface area contributed by atoms with Gasteiger partial charge in [0.05, 0.1) is 5.75 Å². The zero-order valence-electron chi connectivity index (χ0n) is 12.4. The van der Waals surface area contributed by atoms with Crippen LogP contribution in [0, 0.1) is 0 Å². The van der Waals surface area contributed by atoms with Crippen LogP contribution >= 0.6 is 11.8 Å². The molecule has 1 heterocycles. The SMILES string of the molecule is O=C(CSc1nncn1C1CC1)NC(=O)NCc1ccccc1. The van der Waals surface area contributed by atoms with Crippen molar-refractivity contribution in [2.75, 3.05) is 5.75 Å². The summed E-state index contributed by atoms with van der Waals surface area (Å²) >= 11 is 1.28. The Morgan fingerprint density at radius 3 is 2.78 bits per heavy atom. The first-order chi connectivity index (χ1) is 11.2. The molecule has 120 valence electrons. The molecular weight excluding hydrogens is 314 g/mol. The summed E-state index contributed by atoms with van der Waals surface area (Å²) in [7, 11) is 0. The van der Waals surface area contributed by atoms with E-state index >= 15 is 0 Å². The van der Waals surface area contributed by atoms with Gasteiger partial charge in [-0.2, -0.15) is 0 Å². The minimum absolute atomic E-state index is 0.129. The molecule has 1 aromatic heterocycles. The average Bonchev–Trinajstić information content (AvgIpc) is 3.30. The van der Waals surface area contributed by atoms with Crippen molar-refractivity contribution < 1.29 is 9.59 Å². The van der Waals surface area contributed by atoms with Crippen LogP contribution in [0.4, 0.5) is 4.79 Å². The normalized spacial score (nSPS) is 13.6. The zero-order valence-corrected chi connectivity index (χ0v) is 13.3. The Hall–Kier alpha value is -2.35. The molecule has 0 spiro atoms. The first-order valence-corrected chi connectivity index (χ1v) is 8.35. The molecule has 2 N–H and O–H groups in total. The third-order valence-electron chi connectivity index (χ3n) is 3.36. The van der Waals surface area contributed by atoms with Gasteiger partial charge in [-0.1, -0.05) is 42.1 Å². The number of hydrogen-bond donors (Lipinski definition) is 2. The lowest BCUT2D eigenvalue weighted by atomic mass is 10.2. The van der Waals surface area contributed by atoms with Crippen molar-refractivity contribution in [1.29, 1.82) is 0 Å². The van der Waals surface area contributed by atoms with Gasteiger partial charge in [0.25, 0.3) is 0 Å². The van der Waals surface area contributed by atoms with Crippen LogP contribution in [-0.2, 0) is 11.3 Å². The van der Waals surface area contributed by atoms with E-state index in [9.17, 15) is 9.59 Å². The molecule has 0 atom stereocenters. The van der Waals surface area contributed by atoms with Gasteiger partial charge in [-0.05, 0) is 18.4 Å². The van der Waals surface area contributed by atoms with Crippen molar-refractivity contribution in [2.45, 2.75) is 30.6 Å². The molecule has 1 aliphatic carbocycles. The van der Waals surface area contributed by atoms with E-state index in [4.69, 9.17) is 0 Å². The number of carbonyl (C=O) groups excluding carboxylic acids is 2. The van der Waals surface area contributed by atoms with Gasteiger partial charge in [0.2, 0.25) is 5.91 Å². The molecule has 0 radical (unpaired) electrons. The Bertz CT molecular complexity index is 684. The van der Waals surface area contributed by atoms with Gasteiger partial charge in [-0.3, -0.25) is 10.1 Å². The standard InChI is InChI=1S/C15H17N5O2S/c21-13(9-23-15-19-17-10-20(15)12-6-7-12)18-14(22)16-8-11-4-2-1-3-5-11/h1-5,10,12H,6-9H2,(H2,16,18,21,22). The van der Waals surface area contributed by atoms with Gasteiger partial charge in [0, 0.05) is 12.6 Å². The lowest BCUT2D eigenvalue weighted by molar-refractivity contribution is -0.117. The molecule has 1 aliphatic rings. The molecule has 0 bridgehead atoms. The fraction of sp³-hybridized carbons (Fsp3) is 0.333. The Morgan fingerprint density at radius 2 is 2.04 bits per heavy atom. The van der Waals surface area contributed by atoms with Crippen molar-refractivity contribution in [3.63, 3.8) is 0 Å². The van der Waals surface area contributed by atoms with Crippen molar-refractivity contribution in [2.24, 2.45) is 0 Å². The highest BCUT2D eigenvalue weighted by Crippen LogP contribution is 2.37. The van der Waals surface area contributed by atoms with Gasteiger partial charge in [0.15, 0.2) is 5.16 Å². The zero-order chi connectivity index (χ0) is 16.1. The minimum atomic E-state index is -0.497. The topological polar surface area (TPSA) is 88.9 Å². The lowest BCUT2D eigenvalue weighted by Gasteiger charge is -2.07. The number of urea groups is 1. The van der Waals surface area contributed by atoms with E-state index in [0.717, 1.165) is 18.4 Å². The predicted octanol–water partition coefficient (Wildman–Crippen LogP) is 1.73. The summed E-state index contributed by atoms with van der Waals surface area (Å²) in [5, 5.41) is 13.5. The molecule has 7 nitrogen and oxygen atoms in total. The Morgan fingerprint density at radius 1 is 1.26 bits per heavy atom. The molecule has 1 saturated carbocycles. The summed E-state index contributed by atoms with van der Waals surface area (Å²) < 4.78 is 1.98. The first-order valence-electron chi connectivity index (χ1n) is 7.36. The van der Waals surface area contributed by atoms with Crippen molar-refractivity contribution >= 4 is 23.7 Å². The van der Waals surface area contributed by atoms with Gasteiger partial charge >= 0.3 is 6.03 Å². The number of hydrogen-bond acceptors (Lipinski definition) is 5. The van der Waals surface area contributed by atoms with Crippen LogP contribution in [0.5, 0.6) is 0 Å². The Labute approximate surface area is 137 Å². The fourth-order valence-corrected chi connectivity index (χ4v) is 2.84. The van der Waals surface area contributed by atoms with Crippen molar-refractivity contribution in [3.05, 3.63) is 42.2 Å². The summed E-state index contributed by atoms with van der Waals surface area (Å²) in [5.74, 6) is -0.227. The molecule has 23 heavy (non-hydrogen) atoms. The van der Waals surface area contributed by atoms with E-state index in [-0.39, 0.29) is 11.7 Å². The second-order valence-electron chi connectivity index (χ2n) is 5.26. The van der Waals surface area contributed by atoms with E-state index in [1.165, 1.54) is 11.8 Å². The maximum atomic E-state index is 11.8. The molecule has 0 unspecified atom stereocenters. The number of imide groups is 1. The van der Waals surface area contributed by atoms with Crippen LogP contribution < -0.4 is 10.6 Å². The number of benzene rings is 1. The van der Waals surface area contributed by atoms with Gasteiger partial charge in [-0.15, -0.1) is 10.2 Å². The van der Waals surface area contributed by atoms with Crippen molar-refractivity contribution in [1.82, 2.24) is 25.4 Å². The van der Waals surface area contributed by atoms with Crippen LogP contribution in [-0.4, -0.2) is 32.5 Å². The van der Waals surface area contributed by atoms with Gasteiger partial charge in [0.1, 0.15) is 6.33 Å². The second kappa shape index (κ2) is 7.28. The molecule has 8 heteroatoms. The Kier molecular flexibility index (Phi) is 4.92. The molecule has 3 amide bonds. The summed E-state index contributed by atoms with van der Waals surface area (Å²) in [4.78, 5) is 23.5. The van der Waals surface area contributed by atoms with Crippen LogP contribution in [0.15, 0.2) is 41.8 Å². The number of carbonyl (C=O) groups is 2. The highest BCUT2D eigenvalue weighted by atomic mass is 32.2. The molecule has 2 aromatic rings. The quantitative estimate of drug-likeness (QED) is 0.787. The fourth-order valence-electron chi connectivity index (χ4n) is 2.05. The van der Waals surface area contributed by atoms with E-state index in [0.29, 0.717) is 17.7 Å². The second-order valence-corrected chi connectivity index (χ2v) is 6.20. The number of amides is 3. The van der Waals surface area contributed by atoms with Crippen LogP contribution in [0.25, 0.3) is 0 Å². The molecule has 1 fully saturated rings. The number of rotatable bonds is 6. The van der Waals surface area contributed by atoms with Crippen LogP contribution in [0.3, 0.4) is 0 Å². The van der Waals surface area contributed by atoms with Crippen molar-refractivity contribution in [3.8, 4) is 0 Å². The first kappa shape index (κ1) is 15.5. The maximum Gasteiger partial charge on any atom is 0.321 e. The number of nitrogens with zero attached hydrogens (tertiary/aromatic N) is 3. The average molecular weight is 331 g/mol. The van der Waals surface area contributed by atoms with E-state index in [1.54, 1.807) is 6.33 Å². The van der Waals surface area contributed by atoms with Crippen LogP contribution in [0.2, 0.25) is 0 Å². The number of aromatic nitrogens is 3. The molecule has 0 aliphatic heterocycles. The van der Waals surface area contributed by atoms with Gasteiger partial charge in [-0.25, -0.2) is 4.79 Å². The third-order valence-corrected chi connectivity index (χ3v) is 4.32. The number of nitrogens with one attached hydrogen (secondary N) is 2. The van der Waals surface area contributed by atoms with E-state index < -0.39 is 6.03 Å². The lowest BCUT2D eigenvalue weighted by Crippen LogP contribution is -2.40. The highest BCUT2D eigenvalue weighted by molar-refractivity contribution is 7.99. The minimum Gasteiger partial charge on any atom is -0.334 e. The summed E-state index contributed by atoms with van der Waals surface area (Å²) in [6, 6.07) is 9.47. The molecule has 0 saturated heterocycles. The monoisotopic (exact) mass is 331 g/mol. The number of thioether (sulfide) groups is 1.